The summed E-state index contributed by atoms with van der Waals surface area (Å²) in [5.74, 6) is 0. The third-order valence-electron chi connectivity index (χ3n) is 2.74. The van der Waals surface area contributed by atoms with Crippen molar-refractivity contribution in [3.8, 4) is 0 Å². The second-order valence-corrected chi connectivity index (χ2v) is 4.76. The fourth-order valence-electron chi connectivity index (χ4n) is 1.95. The first kappa shape index (κ1) is 10.4. The Morgan fingerprint density at radius 3 is 2.71 bits per heavy atom. The van der Waals surface area contributed by atoms with Gasteiger partial charge in [0.1, 0.15) is 0 Å². The number of aryl methyl sites for hydroxylation is 1. The molecule has 78 valence electrons. The average Bonchev–Trinajstić information content (AvgIpc) is 2.78. The Bertz CT molecular complexity index is 279. The van der Waals surface area contributed by atoms with Crippen LogP contribution in [0.3, 0.4) is 0 Å². The highest BCUT2D eigenvalue weighted by Crippen LogP contribution is 2.08. The van der Waals surface area contributed by atoms with Gasteiger partial charge in [0.15, 0.2) is 3.83 Å². The van der Waals surface area contributed by atoms with Gasteiger partial charge < -0.3 is 9.47 Å². The van der Waals surface area contributed by atoms with Crippen LogP contribution in [0, 0.1) is 3.83 Å². The average molecular weight is 305 g/mol. The minimum absolute atomic E-state index is 1.10. The lowest BCUT2D eigenvalue weighted by Crippen LogP contribution is -2.21. The quantitative estimate of drug-likeness (QED) is 0.793. The molecule has 1 fully saturated rings. The van der Waals surface area contributed by atoms with Crippen LogP contribution in [0.25, 0.3) is 0 Å². The minimum atomic E-state index is 1.10. The molecule has 0 aliphatic carbocycles. The third-order valence-corrected chi connectivity index (χ3v) is 3.63. The predicted octanol–water partition coefficient (Wildman–Crippen LogP) is 1.97. The highest BCUT2D eigenvalue weighted by molar-refractivity contribution is 14.1. The SMILES string of the molecule is Ic1nccn1CCCN1CCCC1. The van der Waals surface area contributed by atoms with E-state index in [2.05, 4.69) is 43.2 Å². The molecule has 1 aliphatic heterocycles. The Balaban J connectivity index is 1.70. The molecular weight excluding hydrogens is 289 g/mol. The lowest BCUT2D eigenvalue weighted by atomic mass is 10.4. The number of imidazole rings is 1. The molecule has 0 atom stereocenters. The first-order chi connectivity index (χ1) is 6.86. The molecule has 1 aliphatic rings. The second-order valence-electron chi connectivity index (χ2n) is 3.79. The second kappa shape index (κ2) is 5.11. The summed E-state index contributed by atoms with van der Waals surface area (Å²) in [7, 11) is 0. The van der Waals surface area contributed by atoms with Gasteiger partial charge in [0.2, 0.25) is 0 Å². The van der Waals surface area contributed by atoms with Crippen molar-refractivity contribution in [1.29, 1.82) is 0 Å². The Labute approximate surface area is 98.6 Å². The predicted molar refractivity (Wildman–Crippen MR) is 65.2 cm³/mol. The first-order valence-electron chi connectivity index (χ1n) is 5.25. The maximum absolute atomic E-state index is 4.20. The van der Waals surface area contributed by atoms with E-state index in [4.69, 9.17) is 0 Å². The van der Waals surface area contributed by atoms with Crippen LogP contribution >= 0.6 is 22.6 Å². The van der Waals surface area contributed by atoms with Crippen molar-refractivity contribution < 1.29 is 0 Å². The Kier molecular flexibility index (Phi) is 3.81. The van der Waals surface area contributed by atoms with Gasteiger partial charge in [-0.15, -0.1) is 0 Å². The Hall–Kier alpha value is -0.100. The maximum Gasteiger partial charge on any atom is 0.171 e. The van der Waals surface area contributed by atoms with Crippen molar-refractivity contribution in [3.63, 3.8) is 0 Å². The molecule has 0 amide bonds. The van der Waals surface area contributed by atoms with Crippen molar-refractivity contribution >= 4 is 22.6 Å². The van der Waals surface area contributed by atoms with Crippen molar-refractivity contribution in [2.45, 2.75) is 25.8 Å². The molecule has 0 saturated carbocycles. The summed E-state index contributed by atoms with van der Waals surface area (Å²) in [4.78, 5) is 6.76. The van der Waals surface area contributed by atoms with Gasteiger partial charge in [-0.3, -0.25) is 0 Å². The van der Waals surface area contributed by atoms with Gasteiger partial charge in [-0.1, -0.05) is 0 Å². The van der Waals surface area contributed by atoms with E-state index in [9.17, 15) is 0 Å². The van der Waals surface area contributed by atoms with Crippen LogP contribution < -0.4 is 0 Å². The molecule has 2 heterocycles. The van der Waals surface area contributed by atoms with E-state index in [1.165, 1.54) is 38.9 Å². The molecular formula is C10H16IN3. The Morgan fingerprint density at radius 2 is 2.07 bits per heavy atom. The zero-order valence-electron chi connectivity index (χ0n) is 8.32. The zero-order chi connectivity index (χ0) is 9.80. The number of halogens is 1. The molecule has 1 aromatic heterocycles. The molecule has 0 spiro atoms. The van der Waals surface area contributed by atoms with E-state index in [1.807, 2.05) is 6.20 Å². The highest BCUT2D eigenvalue weighted by Gasteiger charge is 2.10. The Morgan fingerprint density at radius 1 is 1.29 bits per heavy atom. The lowest BCUT2D eigenvalue weighted by molar-refractivity contribution is 0.324. The number of nitrogens with zero attached hydrogens (tertiary/aromatic N) is 3. The summed E-state index contributed by atoms with van der Waals surface area (Å²) in [6.07, 6.45) is 7.96. The summed E-state index contributed by atoms with van der Waals surface area (Å²) >= 11 is 2.28. The molecule has 1 saturated heterocycles. The van der Waals surface area contributed by atoms with Crippen molar-refractivity contribution in [1.82, 2.24) is 14.5 Å². The van der Waals surface area contributed by atoms with Gasteiger partial charge in [-0.2, -0.15) is 0 Å². The number of rotatable bonds is 4. The molecule has 0 N–H and O–H groups in total. The third kappa shape index (κ3) is 2.70. The van der Waals surface area contributed by atoms with Crippen LogP contribution in [0.5, 0.6) is 0 Å². The molecule has 4 heteroatoms. The summed E-state index contributed by atoms with van der Waals surface area (Å²) in [6, 6.07) is 0. The number of likely N-dealkylation sites (tertiary alicyclic amines) is 1. The first-order valence-corrected chi connectivity index (χ1v) is 6.33. The van der Waals surface area contributed by atoms with Crippen LogP contribution in [0.15, 0.2) is 12.4 Å². The summed E-state index contributed by atoms with van der Waals surface area (Å²) in [5, 5.41) is 0. The van der Waals surface area contributed by atoms with Crippen LogP contribution in [0.2, 0.25) is 0 Å². The van der Waals surface area contributed by atoms with E-state index in [0.717, 1.165) is 10.4 Å². The van der Waals surface area contributed by atoms with Gasteiger partial charge in [-0.05, 0) is 61.5 Å². The van der Waals surface area contributed by atoms with Gasteiger partial charge in [0, 0.05) is 18.9 Å². The molecule has 3 nitrogen and oxygen atoms in total. The molecule has 0 aromatic carbocycles. The monoisotopic (exact) mass is 305 g/mol. The van der Waals surface area contributed by atoms with E-state index < -0.39 is 0 Å². The van der Waals surface area contributed by atoms with E-state index in [-0.39, 0.29) is 0 Å². The lowest BCUT2D eigenvalue weighted by Gasteiger charge is -2.14. The molecule has 0 unspecified atom stereocenters. The molecule has 0 radical (unpaired) electrons. The molecule has 1 aromatic rings. The van der Waals surface area contributed by atoms with Gasteiger partial charge >= 0.3 is 0 Å². The summed E-state index contributed by atoms with van der Waals surface area (Å²) in [5.41, 5.74) is 0. The minimum Gasteiger partial charge on any atom is -0.326 e. The van der Waals surface area contributed by atoms with Crippen molar-refractivity contribution in [3.05, 3.63) is 16.2 Å². The normalized spacial score (nSPS) is 17.8. The van der Waals surface area contributed by atoms with E-state index >= 15 is 0 Å². The van der Waals surface area contributed by atoms with Crippen LogP contribution in [0.1, 0.15) is 19.3 Å². The standard InChI is InChI=1S/C10H16IN3/c11-10-12-4-9-14(10)8-3-7-13-5-1-2-6-13/h4,9H,1-3,5-8H2. The summed E-state index contributed by atoms with van der Waals surface area (Å²) < 4.78 is 3.32. The van der Waals surface area contributed by atoms with Gasteiger partial charge in [-0.25, -0.2) is 4.98 Å². The topological polar surface area (TPSA) is 21.1 Å². The van der Waals surface area contributed by atoms with E-state index in [1.54, 1.807) is 0 Å². The largest absolute Gasteiger partial charge is 0.326 e. The highest BCUT2D eigenvalue weighted by atomic mass is 127. The van der Waals surface area contributed by atoms with Crippen molar-refractivity contribution in [2.75, 3.05) is 19.6 Å². The smallest absolute Gasteiger partial charge is 0.171 e. The fraction of sp³-hybridized carbons (Fsp3) is 0.700. The zero-order valence-corrected chi connectivity index (χ0v) is 10.5. The fourth-order valence-corrected chi connectivity index (χ4v) is 2.51. The number of hydrogen-bond acceptors (Lipinski definition) is 2. The van der Waals surface area contributed by atoms with Gasteiger partial charge in [0.25, 0.3) is 0 Å². The number of aromatic nitrogens is 2. The molecule has 2 rings (SSSR count). The van der Waals surface area contributed by atoms with E-state index in [0.29, 0.717) is 0 Å². The van der Waals surface area contributed by atoms with Crippen molar-refractivity contribution in [2.24, 2.45) is 0 Å². The molecule has 14 heavy (non-hydrogen) atoms. The van der Waals surface area contributed by atoms with Crippen LogP contribution in [0.4, 0.5) is 0 Å². The van der Waals surface area contributed by atoms with Crippen LogP contribution in [-0.4, -0.2) is 34.1 Å². The number of hydrogen-bond donors (Lipinski definition) is 0. The maximum atomic E-state index is 4.20. The van der Waals surface area contributed by atoms with Gasteiger partial charge in [0.05, 0.1) is 0 Å². The summed E-state index contributed by atoms with van der Waals surface area (Å²) in [6.45, 7) is 4.96. The molecule has 0 bridgehead atoms. The van der Waals surface area contributed by atoms with Crippen LogP contribution in [-0.2, 0) is 6.54 Å².